The number of carbonyl (C=O) groups is 1. The molecule has 1 heterocycles. The van der Waals surface area contributed by atoms with Crippen molar-refractivity contribution in [1.82, 2.24) is 0 Å². The van der Waals surface area contributed by atoms with E-state index in [4.69, 9.17) is 14.9 Å². The third-order valence-electron chi connectivity index (χ3n) is 2.12. The summed E-state index contributed by atoms with van der Waals surface area (Å²) in [6.45, 7) is 0.538. The summed E-state index contributed by atoms with van der Waals surface area (Å²) in [5.74, 6) is -0.439. The van der Waals surface area contributed by atoms with Gasteiger partial charge in [-0.2, -0.15) is 0 Å². The van der Waals surface area contributed by atoms with Crippen molar-refractivity contribution in [3.8, 4) is 0 Å². The zero-order valence-electron chi connectivity index (χ0n) is 8.86. The Bertz CT molecular complexity index is 321. The van der Waals surface area contributed by atoms with E-state index in [9.17, 15) is 4.79 Å². The fraction of sp³-hybridized carbons (Fsp3) is 0.500. The Morgan fingerprint density at radius 2 is 2.33 bits per heavy atom. The average Bonchev–Trinajstić information content (AvgIpc) is 2.68. The van der Waals surface area contributed by atoms with Crippen molar-refractivity contribution < 1.29 is 18.7 Å². The molecule has 2 N–H and O–H groups in total. The molecule has 0 aromatic carbocycles. The minimum absolute atomic E-state index is 0.150. The predicted octanol–water partition coefficient (Wildman–Crippen LogP) is 0.641. The second-order valence-electron chi connectivity index (χ2n) is 3.05. The lowest BCUT2D eigenvalue weighted by Crippen LogP contribution is -2.23. The molecular weight excluding hydrogens is 198 g/mol. The quantitative estimate of drug-likeness (QED) is 0.726. The highest BCUT2D eigenvalue weighted by atomic mass is 16.5. The van der Waals surface area contributed by atoms with E-state index < -0.39 is 11.9 Å². The monoisotopic (exact) mass is 213 g/mol. The highest BCUT2D eigenvalue weighted by Crippen LogP contribution is 2.22. The number of methoxy groups -OCH3 is 2. The maximum Gasteiger partial charge on any atom is 0.317 e. The molecule has 0 aliphatic carbocycles. The van der Waals surface area contributed by atoms with Crippen molar-refractivity contribution in [1.29, 1.82) is 0 Å². The van der Waals surface area contributed by atoms with Gasteiger partial charge in [-0.05, 0) is 6.07 Å². The fourth-order valence-electron chi connectivity index (χ4n) is 1.38. The number of furan rings is 1. The van der Waals surface area contributed by atoms with Crippen molar-refractivity contribution in [3.05, 3.63) is 23.7 Å². The third-order valence-corrected chi connectivity index (χ3v) is 2.12. The van der Waals surface area contributed by atoms with Gasteiger partial charge in [-0.25, -0.2) is 0 Å². The molecule has 1 unspecified atom stereocenters. The lowest BCUT2D eigenvalue weighted by molar-refractivity contribution is -0.142. The van der Waals surface area contributed by atoms with Gasteiger partial charge in [-0.15, -0.1) is 0 Å². The topological polar surface area (TPSA) is 74.7 Å². The largest absolute Gasteiger partial charge is 0.468 e. The Balaban J connectivity index is 2.90. The summed E-state index contributed by atoms with van der Waals surface area (Å²) in [5.41, 5.74) is 6.32. The second-order valence-corrected chi connectivity index (χ2v) is 3.05. The molecule has 84 valence electrons. The van der Waals surface area contributed by atoms with Crippen molar-refractivity contribution in [2.24, 2.45) is 5.73 Å². The molecule has 0 spiro atoms. The smallest absolute Gasteiger partial charge is 0.317 e. The summed E-state index contributed by atoms with van der Waals surface area (Å²) in [6.07, 6.45) is 1.51. The summed E-state index contributed by atoms with van der Waals surface area (Å²) in [5, 5.41) is 0. The van der Waals surface area contributed by atoms with Gasteiger partial charge in [0.2, 0.25) is 0 Å². The number of rotatable bonds is 5. The lowest BCUT2D eigenvalue weighted by Gasteiger charge is -2.11. The predicted molar refractivity (Wildman–Crippen MR) is 53.2 cm³/mol. The molecular formula is C10H15NO4. The fourth-order valence-corrected chi connectivity index (χ4v) is 1.38. The molecule has 1 rings (SSSR count). The first-order valence-corrected chi connectivity index (χ1v) is 4.57. The SMILES string of the molecule is COCc1ccoc1C(CN)C(=O)OC. The first kappa shape index (κ1) is 11.7. The number of esters is 1. The van der Waals surface area contributed by atoms with Crippen molar-refractivity contribution in [2.45, 2.75) is 12.5 Å². The first-order valence-electron chi connectivity index (χ1n) is 4.57. The van der Waals surface area contributed by atoms with Gasteiger partial charge in [-0.1, -0.05) is 0 Å². The van der Waals surface area contributed by atoms with Gasteiger partial charge < -0.3 is 19.6 Å². The van der Waals surface area contributed by atoms with Crippen molar-refractivity contribution in [3.63, 3.8) is 0 Å². The maximum atomic E-state index is 11.4. The summed E-state index contributed by atoms with van der Waals surface area (Å²) in [6, 6.07) is 1.75. The van der Waals surface area contributed by atoms with Crippen LogP contribution in [0.4, 0.5) is 0 Å². The van der Waals surface area contributed by atoms with Crippen LogP contribution in [0, 0.1) is 0 Å². The molecule has 0 aliphatic rings. The van der Waals surface area contributed by atoms with Gasteiger partial charge in [-0.3, -0.25) is 4.79 Å². The van der Waals surface area contributed by atoms with Crippen LogP contribution in [0.3, 0.4) is 0 Å². The number of nitrogens with two attached hydrogens (primary N) is 1. The summed E-state index contributed by atoms with van der Waals surface area (Å²) in [7, 11) is 2.90. The second kappa shape index (κ2) is 5.53. The van der Waals surface area contributed by atoms with Gasteiger partial charge in [0, 0.05) is 19.2 Å². The Labute approximate surface area is 88.1 Å². The van der Waals surface area contributed by atoms with Gasteiger partial charge >= 0.3 is 5.97 Å². The minimum atomic E-state index is -0.560. The Morgan fingerprint density at radius 1 is 1.60 bits per heavy atom. The standard InChI is InChI=1S/C10H15NO4/c1-13-6-7-3-4-15-9(7)8(5-11)10(12)14-2/h3-4,8H,5-6,11H2,1-2H3. The zero-order chi connectivity index (χ0) is 11.3. The van der Waals surface area contributed by atoms with Crippen LogP contribution in [0.15, 0.2) is 16.7 Å². The van der Waals surface area contributed by atoms with Crippen LogP contribution in [-0.2, 0) is 20.9 Å². The van der Waals surface area contributed by atoms with Gasteiger partial charge in [0.1, 0.15) is 11.7 Å². The summed E-state index contributed by atoms with van der Waals surface area (Å²) >= 11 is 0. The Kier molecular flexibility index (Phi) is 4.33. The van der Waals surface area contributed by atoms with Crippen LogP contribution < -0.4 is 5.73 Å². The van der Waals surface area contributed by atoms with Crippen LogP contribution in [0.2, 0.25) is 0 Å². The molecule has 0 radical (unpaired) electrons. The molecule has 0 bridgehead atoms. The van der Waals surface area contributed by atoms with E-state index in [0.29, 0.717) is 12.4 Å². The highest BCUT2D eigenvalue weighted by molar-refractivity contribution is 5.77. The molecule has 0 aliphatic heterocycles. The number of hydrogen-bond acceptors (Lipinski definition) is 5. The van der Waals surface area contributed by atoms with E-state index in [0.717, 1.165) is 5.56 Å². The molecule has 5 heteroatoms. The number of ether oxygens (including phenoxy) is 2. The zero-order valence-corrected chi connectivity index (χ0v) is 8.86. The lowest BCUT2D eigenvalue weighted by atomic mass is 10.0. The molecule has 0 fully saturated rings. The summed E-state index contributed by atoms with van der Waals surface area (Å²) < 4.78 is 14.9. The Hall–Kier alpha value is -1.33. The van der Waals surface area contributed by atoms with Crippen LogP contribution in [0.25, 0.3) is 0 Å². The van der Waals surface area contributed by atoms with Crippen LogP contribution in [0.1, 0.15) is 17.2 Å². The van der Waals surface area contributed by atoms with E-state index in [1.807, 2.05) is 0 Å². The Morgan fingerprint density at radius 3 is 2.87 bits per heavy atom. The van der Waals surface area contributed by atoms with Gasteiger partial charge in [0.05, 0.1) is 20.0 Å². The van der Waals surface area contributed by atoms with Crippen molar-refractivity contribution >= 4 is 5.97 Å². The van der Waals surface area contributed by atoms with Crippen LogP contribution in [0.5, 0.6) is 0 Å². The number of carbonyl (C=O) groups excluding carboxylic acids is 1. The molecule has 0 saturated heterocycles. The van der Waals surface area contributed by atoms with Crippen LogP contribution in [-0.4, -0.2) is 26.7 Å². The molecule has 1 atom stereocenters. The molecule has 1 aromatic rings. The number of hydrogen-bond donors (Lipinski definition) is 1. The third kappa shape index (κ3) is 2.57. The molecule has 5 nitrogen and oxygen atoms in total. The molecule has 0 amide bonds. The van der Waals surface area contributed by atoms with Crippen LogP contribution >= 0.6 is 0 Å². The molecule has 0 saturated carbocycles. The first-order chi connectivity index (χ1) is 7.24. The molecule has 15 heavy (non-hydrogen) atoms. The summed E-state index contributed by atoms with van der Waals surface area (Å²) in [4.78, 5) is 11.4. The van der Waals surface area contributed by atoms with Gasteiger partial charge in [0.25, 0.3) is 0 Å². The highest BCUT2D eigenvalue weighted by Gasteiger charge is 2.25. The van der Waals surface area contributed by atoms with Crippen molar-refractivity contribution in [2.75, 3.05) is 20.8 Å². The van der Waals surface area contributed by atoms with E-state index in [-0.39, 0.29) is 6.54 Å². The normalized spacial score (nSPS) is 12.5. The van der Waals surface area contributed by atoms with E-state index >= 15 is 0 Å². The van der Waals surface area contributed by atoms with E-state index in [1.165, 1.54) is 13.4 Å². The average molecular weight is 213 g/mol. The molecule has 1 aromatic heterocycles. The van der Waals surface area contributed by atoms with E-state index in [1.54, 1.807) is 13.2 Å². The van der Waals surface area contributed by atoms with E-state index in [2.05, 4.69) is 4.74 Å². The van der Waals surface area contributed by atoms with Gasteiger partial charge in [0.15, 0.2) is 0 Å². The minimum Gasteiger partial charge on any atom is -0.468 e. The maximum absolute atomic E-state index is 11.4.